The summed E-state index contributed by atoms with van der Waals surface area (Å²) in [7, 11) is 0. The van der Waals surface area contributed by atoms with Crippen molar-refractivity contribution in [1.29, 1.82) is 0 Å². The van der Waals surface area contributed by atoms with Crippen LogP contribution in [0.15, 0.2) is 28.8 Å². The maximum atomic E-state index is 5.73. The Hall–Kier alpha value is -2.08. The number of ether oxygens (including phenoxy) is 1. The van der Waals surface area contributed by atoms with Gasteiger partial charge in [-0.05, 0) is 26.0 Å². The van der Waals surface area contributed by atoms with E-state index in [1.54, 1.807) is 0 Å². The van der Waals surface area contributed by atoms with Crippen molar-refractivity contribution in [1.82, 2.24) is 15.0 Å². The fourth-order valence-corrected chi connectivity index (χ4v) is 2.74. The molecule has 3 rings (SSSR count). The van der Waals surface area contributed by atoms with Gasteiger partial charge in [0.1, 0.15) is 5.75 Å². The molecule has 0 bridgehead atoms. The van der Waals surface area contributed by atoms with Gasteiger partial charge in [-0.1, -0.05) is 17.3 Å². The highest BCUT2D eigenvalue weighted by atomic mass is 16.5. The average Bonchev–Trinajstić information content (AvgIpc) is 2.94. The molecule has 1 aliphatic heterocycles. The Labute approximate surface area is 130 Å². The third-order valence-electron chi connectivity index (χ3n) is 3.81. The van der Waals surface area contributed by atoms with Gasteiger partial charge < -0.3 is 14.2 Å². The number of rotatable bonds is 5. The Morgan fingerprint density at radius 1 is 1.18 bits per heavy atom. The molecule has 0 atom stereocenters. The highest BCUT2D eigenvalue weighted by Gasteiger charge is 2.21. The number of hydrogen-bond acceptors (Lipinski definition) is 6. The highest BCUT2D eigenvalue weighted by molar-refractivity contribution is 5.58. The molecule has 1 aromatic carbocycles. The molecule has 0 N–H and O–H groups in total. The van der Waals surface area contributed by atoms with Crippen LogP contribution in [0.4, 0.5) is 5.69 Å². The van der Waals surface area contributed by atoms with Crippen molar-refractivity contribution in [3.05, 3.63) is 36.0 Å². The van der Waals surface area contributed by atoms with Crippen LogP contribution in [0.25, 0.3) is 0 Å². The summed E-state index contributed by atoms with van der Waals surface area (Å²) in [6.07, 6.45) is 0. The summed E-state index contributed by atoms with van der Waals surface area (Å²) in [6.45, 7) is 9.16. The maximum Gasteiger partial charge on any atom is 0.240 e. The normalized spacial score (nSPS) is 16.0. The SMILES string of the molecule is CCOc1ccccc1N1CCN(Cc2nc(C)no2)CC1. The zero-order valence-corrected chi connectivity index (χ0v) is 13.2. The molecule has 6 nitrogen and oxygen atoms in total. The number of aryl methyl sites for hydroxylation is 1. The Kier molecular flexibility index (Phi) is 4.58. The van der Waals surface area contributed by atoms with Crippen LogP contribution in [0.1, 0.15) is 18.6 Å². The van der Waals surface area contributed by atoms with Crippen molar-refractivity contribution in [2.45, 2.75) is 20.4 Å². The highest BCUT2D eigenvalue weighted by Crippen LogP contribution is 2.28. The Morgan fingerprint density at radius 3 is 2.64 bits per heavy atom. The number of para-hydroxylation sites is 2. The second-order valence-electron chi connectivity index (χ2n) is 5.40. The first-order chi connectivity index (χ1) is 10.8. The summed E-state index contributed by atoms with van der Waals surface area (Å²) in [5.41, 5.74) is 1.18. The lowest BCUT2D eigenvalue weighted by Gasteiger charge is -2.36. The fraction of sp³-hybridized carbons (Fsp3) is 0.500. The van der Waals surface area contributed by atoms with Gasteiger partial charge in [-0.2, -0.15) is 4.98 Å². The maximum absolute atomic E-state index is 5.73. The van der Waals surface area contributed by atoms with Crippen molar-refractivity contribution in [2.75, 3.05) is 37.7 Å². The molecule has 0 radical (unpaired) electrons. The van der Waals surface area contributed by atoms with Gasteiger partial charge in [0.05, 0.1) is 18.8 Å². The van der Waals surface area contributed by atoms with E-state index in [9.17, 15) is 0 Å². The molecular formula is C16H22N4O2. The molecule has 0 amide bonds. The average molecular weight is 302 g/mol. The minimum atomic E-state index is 0.688. The molecule has 0 unspecified atom stereocenters. The first-order valence-electron chi connectivity index (χ1n) is 7.74. The topological polar surface area (TPSA) is 54.6 Å². The molecule has 1 saturated heterocycles. The first kappa shape index (κ1) is 14.8. The molecule has 6 heteroatoms. The Bertz CT molecular complexity index is 606. The molecule has 1 aromatic heterocycles. The third kappa shape index (κ3) is 3.39. The van der Waals surface area contributed by atoms with Gasteiger partial charge in [0.25, 0.3) is 0 Å². The Morgan fingerprint density at radius 2 is 1.95 bits per heavy atom. The molecule has 2 aromatic rings. The number of piperazine rings is 1. The van der Waals surface area contributed by atoms with Crippen molar-refractivity contribution in [3.63, 3.8) is 0 Å². The van der Waals surface area contributed by atoms with Crippen LogP contribution in [0, 0.1) is 6.92 Å². The number of nitrogens with zero attached hydrogens (tertiary/aromatic N) is 4. The predicted octanol–water partition coefficient (Wildman–Crippen LogP) is 2.10. The van der Waals surface area contributed by atoms with E-state index < -0.39 is 0 Å². The summed E-state index contributed by atoms with van der Waals surface area (Å²) in [4.78, 5) is 8.98. The molecule has 0 aliphatic carbocycles. The van der Waals surface area contributed by atoms with Gasteiger partial charge in [-0.3, -0.25) is 4.90 Å². The fourth-order valence-electron chi connectivity index (χ4n) is 2.74. The second kappa shape index (κ2) is 6.79. The zero-order chi connectivity index (χ0) is 15.4. The van der Waals surface area contributed by atoms with Crippen LogP contribution < -0.4 is 9.64 Å². The minimum absolute atomic E-state index is 0.688. The van der Waals surface area contributed by atoms with Gasteiger partial charge >= 0.3 is 0 Å². The van der Waals surface area contributed by atoms with E-state index in [1.165, 1.54) is 5.69 Å². The van der Waals surface area contributed by atoms with E-state index in [0.717, 1.165) is 38.5 Å². The van der Waals surface area contributed by atoms with Gasteiger partial charge in [0.2, 0.25) is 5.89 Å². The van der Waals surface area contributed by atoms with Crippen molar-refractivity contribution >= 4 is 5.69 Å². The van der Waals surface area contributed by atoms with Crippen LogP contribution in [0.2, 0.25) is 0 Å². The number of hydrogen-bond donors (Lipinski definition) is 0. The monoisotopic (exact) mass is 302 g/mol. The van der Waals surface area contributed by atoms with E-state index in [4.69, 9.17) is 9.26 Å². The van der Waals surface area contributed by atoms with Crippen molar-refractivity contribution < 1.29 is 9.26 Å². The first-order valence-corrected chi connectivity index (χ1v) is 7.74. The van der Waals surface area contributed by atoms with E-state index in [2.05, 4.69) is 32.1 Å². The number of aromatic nitrogens is 2. The number of benzene rings is 1. The van der Waals surface area contributed by atoms with Crippen LogP contribution >= 0.6 is 0 Å². The lowest BCUT2D eigenvalue weighted by Crippen LogP contribution is -2.46. The van der Waals surface area contributed by atoms with Crippen LogP contribution in [-0.4, -0.2) is 47.8 Å². The predicted molar refractivity (Wildman–Crippen MR) is 84.1 cm³/mol. The third-order valence-corrected chi connectivity index (χ3v) is 3.81. The molecule has 2 heterocycles. The van der Waals surface area contributed by atoms with E-state index in [0.29, 0.717) is 18.3 Å². The van der Waals surface area contributed by atoms with E-state index >= 15 is 0 Å². The van der Waals surface area contributed by atoms with Crippen molar-refractivity contribution in [2.24, 2.45) is 0 Å². The summed E-state index contributed by atoms with van der Waals surface area (Å²) in [5, 5.41) is 3.84. The van der Waals surface area contributed by atoms with E-state index in [1.807, 2.05) is 26.0 Å². The molecule has 1 aliphatic rings. The Balaban J connectivity index is 1.59. The zero-order valence-electron chi connectivity index (χ0n) is 13.2. The summed E-state index contributed by atoms with van der Waals surface area (Å²) >= 11 is 0. The van der Waals surface area contributed by atoms with Crippen LogP contribution in [0.5, 0.6) is 5.75 Å². The van der Waals surface area contributed by atoms with Gasteiger partial charge in [-0.15, -0.1) is 0 Å². The van der Waals surface area contributed by atoms with Crippen molar-refractivity contribution in [3.8, 4) is 5.75 Å². The lowest BCUT2D eigenvalue weighted by molar-refractivity contribution is 0.214. The molecule has 1 fully saturated rings. The number of anilines is 1. The second-order valence-corrected chi connectivity index (χ2v) is 5.40. The van der Waals surface area contributed by atoms with Gasteiger partial charge in [0, 0.05) is 26.2 Å². The molecular weight excluding hydrogens is 280 g/mol. The molecule has 118 valence electrons. The molecule has 22 heavy (non-hydrogen) atoms. The summed E-state index contributed by atoms with van der Waals surface area (Å²) < 4.78 is 10.9. The van der Waals surface area contributed by atoms with Gasteiger partial charge in [0.15, 0.2) is 5.82 Å². The smallest absolute Gasteiger partial charge is 0.240 e. The quantitative estimate of drug-likeness (QED) is 0.843. The minimum Gasteiger partial charge on any atom is -0.492 e. The van der Waals surface area contributed by atoms with Crippen LogP contribution in [0.3, 0.4) is 0 Å². The van der Waals surface area contributed by atoms with E-state index in [-0.39, 0.29) is 0 Å². The lowest BCUT2D eigenvalue weighted by atomic mass is 10.2. The molecule has 0 spiro atoms. The summed E-state index contributed by atoms with van der Waals surface area (Å²) in [5.74, 6) is 2.35. The van der Waals surface area contributed by atoms with Gasteiger partial charge in [-0.25, -0.2) is 0 Å². The largest absolute Gasteiger partial charge is 0.492 e. The summed E-state index contributed by atoms with van der Waals surface area (Å²) in [6, 6.07) is 8.24. The van der Waals surface area contributed by atoms with Crippen LogP contribution in [-0.2, 0) is 6.54 Å². The molecule has 0 saturated carbocycles. The standard InChI is InChI=1S/C16H22N4O2/c1-3-21-15-7-5-4-6-14(15)20-10-8-19(9-11-20)12-16-17-13(2)18-22-16/h4-7H,3,8-12H2,1-2H3.